The van der Waals surface area contributed by atoms with Crippen LogP contribution in [0.2, 0.25) is 0 Å². The van der Waals surface area contributed by atoms with Crippen LogP contribution in [0.4, 0.5) is 5.69 Å². The van der Waals surface area contributed by atoms with E-state index in [0.717, 1.165) is 11.3 Å². The van der Waals surface area contributed by atoms with Gasteiger partial charge in [0.1, 0.15) is 0 Å². The lowest BCUT2D eigenvalue weighted by molar-refractivity contribution is 0.258. The molecule has 0 amide bonds. The third-order valence-electron chi connectivity index (χ3n) is 1.65. The Hall–Kier alpha value is -1.48. The van der Waals surface area contributed by atoms with E-state index in [1.54, 1.807) is 6.21 Å². The average Bonchev–Trinajstić information content (AvgIpc) is 2.29. The monoisotopic (exact) mass is 160 g/mol. The second-order valence-corrected chi connectivity index (χ2v) is 2.53. The zero-order chi connectivity index (χ0) is 8.39. The zero-order valence-electron chi connectivity index (χ0n) is 6.38. The lowest BCUT2D eigenvalue weighted by Crippen LogP contribution is -2.01. The van der Waals surface area contributed by atoms with Gasteiger partial charge in [-0.25, -0.2) is 0 Å². The molecule has 0 radical (unpaired) electrons. The van der Waals surface area contributed by atoms with Gasteiger partial charge in [0.25, 0.3) is 0 Å². The molecule has 0 aliphatic carbocycles. The molecular formula is C9H8N2O. The summed E-state index contributed by atoms with van der Waals surface area (Å²) in [6.07, 6.45) is 2.24. The van der Waals surface area contributed by atoms with Crippen LogP contribution in [0.3, 0.4) is 0 Å². The quantitative estimate of drug-likeness (QED) is 0.607. The lowest BCUT2D eigenvalue weighted by Gasteiger charge is -1.94. The first-order chi connectivity index (χ1) is 5.86. The maximum atomic E-state index is 9.11. The minimum atomic E-state index is -0.808. The Morgan fingerprint density at radius 3 is 3.00 bits per heavy atom. The number of nitrogens with zero attached hydrogens (tertiary/aromatic N) is 2. The Labute approximate surface area is 70.1 Å². The molecule has 1 aromatic carbocycles. The minimum Gasteiger partial charge on any atom is -0.367 e. The van der Waals surface area contributed by atoms with Crippen molar-refractivity contribution in [3.8, 4) is 0 Å². The second kappa shape index (κ2) is 2.87. The molecule has 0 spiro atoms. The number of aliphatic hydroxyl groups is 1. The highest BCUT2D eigenvalue weighted by Gasteiger charge is 2.02. The number of rotatable bonds is 0. The maximum absolute atomic E-state index is 9.11. The van der Waals surface area contributed by atoms with Gasteiger partial charge in [-0.05, 0) is 6.07 Å². The van der Waals surface area contributed by atoms with E-state index >= 15 is 0 Å². The van der Waals surface area contributed by atoms with Crippen LogP contribution < -0.4 is 0 Å². The van der Waals surface area contributed by atoms with Gasteiger partial charge in [-0.3, -0.25) is 9.98 Å². The van der Waals surface area contributed by atoms with Gasteiger partial charge in [0.15, 0.2) is 6.23 Å². The first-order valence-corrected chi connectivity index (χ1v) is 3.71. The first-order valence-electron chi connectivity index (χ1n) is 3.71. The van der Waals surface area contributed by atoms with Gasteiger partial charge in [-0.15, -0.1) is 0 Å². The number of aliphatic imine (C=N–C) groups is 2. The molecule has 3 heteroatoms. The number of aliphatic hydroxyl groups excluding tert-OH is 1. The van der Waals surface area contributed by atoms with Crippen LogP contribution in [0, 0.1) is 0 Å². The van der Waals surface area contributed by atoms with Gasteiger partial charge >= 0.3 is 0 Å². The highest BCUT2D eigenvalue weighted by Crippen LogP contribution is 2.17. The van der Waals surface area contributed by atoms with Crippen LogP contribution in [-0.4, -0.2) is 23.8 Å². The summed E-state index contributed by atoms with van der Waals surface area (Å²) < 4.78 is 0. The predicted molar refractivity (Wildman–Crippen MR) is 48.2 cm³/mol. The molecule has 60 valence electrons. The highest BCUT2D eigenvalue weighted by molar-refractivity contribution is 5.90. The molecule has 1 atom stereocenters. The number of para-hydroxylation sites is 1. The summed E-state index contributed by atoms with van der Waals surface area (Å²) in [5.74, 6) is 0. The summed E-state index contributed by atoms with van der Waals surface area (Å²) >= 11 is 0. The molecule has 2 rings (SSSR count). The van der Waals surface area contributed by atoms with E-state index in [2.05, 4.69) is 9.98 Å². The molecular weight excluding hydrogens is 152 g/mol. The minimum absolute atomic E-state index is 0.808. The lowest BCUT2D eigenvalue weighted by atomic mass is 10.2. The van der Waals surface area contributed by atoms with Crippen LogP contribution in [-0.2, 0) is 0 Å². The number of hydrogen-bond acceptors (Lipinski definition) is 3. The average molecular weight is 160 g/mol. The summed E-state index contributed by atoms with van der Waals surface area (Å²) in [5.41, 5.74) is 1.78. The standard InChI is InChI=1S/C9H8N2O/c12-9-6-10-8-4-2-1-3-7(8)5-11-9/h1-6,9,12H. The van der Waals surface area contributed by atoms with Crippen molar-refractivity contribution in [3.63, 3.8) is 0 Å². The van der Waals surface area contributed by atoms with Crippen LogP contribution in [0.25, 0.3) is 0 Å². The van der Waals surface area contributed by atoms with Crippen LogP contribution in [0.1, 0.15) is 5.56 Å². The van der Waals surface area contributed by atoms with Gasteiger partial charge in [0.05, 0.1) is 11.9 Å². The van der Waals surface area contributed by atoms with Crippen LogP contribution in [0.5, 0.6) is 0 Å². The summed E-state index contributed by atoms with van der Waals surface area (Å²) in [4.78, 5) is 7.91. The van der Waals surface area contributed by atoms with Gasteiger partial charge in [-0.1, -0.05) is 18.2 Å². The summed E-state index contributed by atoms with van der Waals surface area (Å²) in [5, 5.41) is 9.11. The zero-order valence-corrected chi connectivity index (χ0v) is 6.38. The molecule has 1 aliphatic rings. The fraction of sp³-hybridized carbons (Fsp3) is 0.111. The van der Waals surface area contributed by atoms with Crippen molar-refractivity contribution < 1.29 is 5.11 Å². The maximum Gasteiger partial charge on any atom is 0.181 e. The van der Waals surface area contributed by atoms with Crippen LogP contribution >= 0.6 is 0 Å². The SMILES string of the molecule is OC1C=Nc2ccccc2C=N1. The van der Waals surface area contributed by atoms with Crippen molar-refractivity contribution in [1.82, 2.24) is 0 Å². The van der Waals surface area contributed by atoms with E-state index in [-0.39, 0.29) is 0 Å². The van der Waals surface area contributed by atoms with E-state index in [9.17, 15) is 0 Å². The van der Waals surface area contributed by atoms with E-state index in [0.29, 0.717) is 0 Å². The number of hydrogen-bond donors (Lipinski definition) is 1. The fourth-order valence-corrected chi connectivity index (χ4v) is 1.06. The Kier molecular flexibility index (Phi) is 1.72. The molecule has 0 saturated heterocycles. The smallest absolute Gasteiger partial charge is 0.181 e. The molecule has 1 unspecified atom stereocenters. The summed E-state index contributed by atoms with van der Waals surface area (Å²) in [6.45, 7) is 0. The van der Waals surface area contributed by atoms with Crippen molar-refractivity contribution in [2.45, 2.75) is 6.23 Å². The van der Waals surface area contributed by atoms with Gasteiger partial charge in [-0.2, -0.15) is 0 Å². The summed E-state index contributed by atoms with van der Waals surface area (Å²) in [6, 6.07) is 7.61. The molecule has 12 heavy (non-hydrogen) atoms. The fourth-order valence-electron chi connectivity index (χ4n) is 1.06. The van der Waals surface area contributed by atoms with Crippen LogP contribution in [0.15, 0.2) is 34.3 Å². The Balaban J connectivity index is 2.52. The third-order valence-corrected chi connectivity index (χ3v) is 1.65. The molecule has 1 heterocycles. The molecule has 1 N–H and O–H groups in total. The third kappa shape index (κ3) is 1.26. The van der Waals surface area contributed by atoms with E-state index < -0.39 is 6.23 Å². The van der Waals surface area contributed by atoms with Crippen molar-refractivity contribution in [1.29, 1.82) is 0 Å². The molecule has 0 fully saturated rings. The van der Waals surface area contributed by atoms with Crippen molar-refractivity contribution in [2.24, 2.45) is 9.98 Å². The number of fused-ring (bicyclic) bond motifs is 1. The molecule has 0 aromatic heterocycles. The summed E-state index contributed by atoms with van der Waals surface area (Å²) in [7, 11) is 0. The van der Waals surface area contributed by atoms with Crippen molar-refractivity contribution >= 4 is 18.1 Å². The normalized spacial score (nSPS) is 20.2. The van der Waals surface area contributed by atoms with Crippen molar-refractivity contribution in [2.75, 3.05) is 0 Å². The molecule has 3 nitrogen and oxygen atoms in total. The van der Waals surface area contributed by atoms with Crippen molar-refractivity contribution in [3.05, 3.63) is 29.8 Å². The second-order valence-electron chi connectivity index (χ2n) is 2.53. The van der Waals surface area contributed by atoms with Gasteiger partial charge in [0.2, 0.25) is 0 Å². The largest absolute Gasteiger partial charge is 0.367 e. The van der Waals surface area contributed by atoms with E-state index in [1.807, 2.05) is 24.3 Å². The molecule has 1 aliphatic heterocycles. The number of benzene rings is 1. The van der Waals surface area contributed by atoms with E-state index in [1.165, 1.54) is 6.21 Å². The van der Waals surface area contributed by atoms with E-state index in [4.69, 9.17) is 5.11 Å². The predicted octanol–water partition coefficient (Wildman–Crippen LogP) is 1.14. The molecule has 1 aromatic rings. The molecule has 0 bridgehead atoms. The Morgan fingerprint density at radius 1 is 1.25 bits per heavy atom. The Bertz CT molecular complexity index is 311. The van der Waals surface area contributed by atoms with Gasteiger partial charge in [0, 0.05) is 11.8 Å². The topological polar surface area (TPSA) is 45.0 Å². The highest BCUT2D eigenvalue weighted by atomic mass is 16.3. The Morgan fingerprint density at radius 2 is 2.08 bits per heavy atom. The molecule has 0 saturated carbocycles. The first kappa shape index (κ1) is 7.18. The van der Waals surface area contributed by atoms with Gasteiger partial charge < -0.3 is 5.11 Å².